The SMILES string of the molecule is C=C/C=C(/F)CCCN. The Balaban J connectivity index is 3.36. The van der Waals surface area contributed by atoms with Gasteiger partial charge in [0.2, 0.25) is 0 Å². The van der Waals surface area contributed by atoms with Gasteiger partial charge in [-0.05, 0) is 19.0 Å². The Morgan fingerprint density at radius 2 is 2.33 bits per heavy atom. The molecule has 0 fully saturated rings. The lowest BCUT2D eigenvalue weighted by atomic mass is 10.3. The van der Waals surface area contributed by atoms with Crippen LogP contribution in [0.1, 0.15) is 12.8 Å². The van der Waals surface area contributed by atoms with E-state index in [0.29, 0.717) is 19.4 Å². The van der Waals surface area contributed by atoms with Gasteiger partial charge in [-0.1, -0.05) is 12.7 Å². The molecule has 0 aliphatic rings. The molecule has 0 aliphatic carbocycles. The van der Waals surface area contributed by atoms with Crippen LogP contribution in [0.15, 0.2) is 24.6 Å². The molecule has 9 heavy (non-hydrogen) atoms. The maximum absolute atomic E-state index is 12.3. The van der Waals surface area contributed by atoms with Crippen LogP contribution in [0, 0.1) is 0 Å². The van der Waals surface area contributed by atoms with Crippen molar-refractivity contribution in [1.29, 1.82) is 0 Å². The van der Waals surface area contributed by atoms with Gasteiger partial charge in [-0.15, -0.1) is 0 Å². The number of rotatable bonds is 4. The van der Waals surface area contributed by atoms with Crippen LogP contribution in [0.25, 0.3) is 0 Å². The van der Waals surface area contributed by atoms with Crippen molar-refractivity contribution in [3.05, 3.63) is 24.6 Å². The zero-order valence-electron chi connectivity index (χ0n) is 5.44. The van der Waals surface area contributed by atoms with Crippen LogP contribution in [-0.2, 0) is 0 Å². The highest BCUT2D eigenvalue weighted by Crippen LogP contribution is 2.04. The van der Waals surface area contributed by atoms with Crippen molar-refractivity contribution in [3.8, 4) is 0 Å². The molecule has 0 saturated carbocycles. The van der Waals surface area contributed by atoms with Crippen molar-refractivity contribution in [3.63, 3.8) is 0 Å². The topological polar surface area (TPSA) is 26.0 Å². The standard InChI is InChI=1S/C7H12FN/c1-2-4-7(8)5-3-6-9/h2,4H,1,3,5-6,9H2/b7-4+. The molecule has 0 heterocycles. The molecule has 0 bridgehead atoms. The van der Waals surface area contributed by atoms with Crippen LogP contribution >= 0.6 is 0 Å². The number of nitrogens with two attached hydrogens (primary N) is 1. The van der Waals surface area contributed by atoms with E-state index >= 15 is 0 Å². The first-order valence-electron chi connectivity index (χ1n) is 2.98. The Morgan fingerprint density at radius 1 is 1.67 bits per heavy atom. The third-order valence-electron chi connectivity index (χ3n) is 0.918. The van der Waals surface area contributed by atoms with E-state index in [0.717, 1.165) is 0 Å². The summed E-state index contributed by atoms with van der Waals surface area (Å²) in [4.78, 5) is 0. The van der Waals surface area contributed by atoms with E-state index in [-0.39, 0.29) is 5.83 Å². The van der Waals surface area contributed by atoms with Crippen molar-refractivity contribution in [2.24, 2.45) is 5.73 Å². The van der Waals surface area contributed by atoms with Crippen LogP contribution in [0.2, 0.25) is 0 Å². The lowest BCUT2D eigenvalue weighted by molar-refractivity contribution is 0.576. The second kappa shape index (κ2) is 5.51. The Labute approximate surface area is 55.1 Å². The molecule has 0 aromatic heterocycles. The summed E-state index contributed by atoms with van der Waals surface area (Å²) in [7, 11) is 0. The van der Waals surface area contributed by atoms with Crippen LogP contribution in [0.4, 0.5) is 4.39 Å². The number of allylic oxidation sites excluding steroid dienone is 3. The Morgan fingerprint density at radius 3 is 2.78 bits per heavy atom. The van der Waals surface area contributed by atoms with E-state index in [9.17, 15) is 4.39 Å². The highest BCUT2D eigenvalue weighted by molar-refractivity contribution is 5.03. The Bertz CT molecular complexity index is 107. The van der Waals surface area contributed by atoms with Gasteiger partial charge in [0, 0.05) is 6.42 Å². The van der Waals surface area contributed by atoms with Gasteiger partial charge >= 0.3 is 0 Å². The van der Waals surface area contributed by atoms with Crippen molar-refractivity contribution in [2.75, 3.05) is 6.54 Å². The van der Waals surface area contributed by atoms with E-state index < -0.39 is 0 Å². The van der Waals surface area contributed by atoms with Crippen LogP contribution in [-0.4, -0.2) is 6.54 Å². The summed E-state index contributed by atoms with van der Waals surface area (Å²) in [6.45, 7) is 3.90. The average Bonchev–Trinajstić information content (AvgIpc) is 1.85. The fourth-order valence-electron chi connectivity index (χ4n) is 0.482. The molecule has 0 saturated heterocycles. The first kappa shape index (κ1) is 8.37. The van der Waals surface area contributed by atoms with Crippen molar-refractivity contribution >= 4 is 0 Å². The summed E-state index contributed by atoms with van der Waals surface area (Å²) < 4.78 is 12.3. The Hall–Kier alpha value is -0.630. The van der Waals surface area contributed by atoms with Crippen molar-refractivity contribution in [2.45, 2.75) is 12.8 Å². The lowest BCUT2D eigenvalue weighted by Gasteiger charge is -1.91. The van der Waals surface area contributed by atoms with E-state index in [1.165, 1.54) is 12.2 Å². The van der Waals surface area contributed by atoms with E-state index in [4.69, 9.17) is 5.73 Å². The first-order chi connectivity index (χ1) is 4.31. The highest BCUT2D eigenvalue weighted by Gasteiger charge is 1.89. The van der Waals surface area contributed by atoms with E-state index in [2.05, 4.69) is 6.58 Å². The van der Waals surface area contributed by atoms with Crippen molar-refractivity contribution in [1.82, 2.24) is 0 Å². The summed E-state index contributed by atoms with van der Waals surface area (Å²) in [6, 6.07) is 0. The molecule has 0 amide bonds. The smallest absolute Gasteiger partial charge is 0.0999 e. The predicted octanol–water partition coefficient (Wildman–Crippen LogP) is 1.76. The molecule has 2 N–H and O–H groups in total. The molecule has 2 heteroatoms. The second-order valence-corrected chi connectivity index (χ2v) is 1.74. The molecule has 0 atom stereocenters. The van der Waals surface area contributed by atoms with Gasteiger partial charge in [0.05, 0.1) is 5.83 Å². The molecule has 0 spiro atoms. The van der Waals surface area contributed by atoms with Gasteiger partial charge in [-0.25, -0.2) is 4.39 Å². The minimum atomic E-state index is -0.143. The number of hydrogen-bond donors (Lipinski definition) is 1. The van der Waals surface area contributed by atoms with Crippen LogP contribution in [0.5, 0.6) is 0 Å². The maximum Gasteiger partial charge on any atom is 0.0999 e. The molecule has 0 aromatic carbocycles. The van der Waals surface area contributed by atoms with Gasteiger partial charge in [-0.2, -0.15) is 0 Å². The first-order valence-corrected chi connectivity index (χ1v) is 2.98. The predicted molar refractivity (Wildman–Crippen MR) is 37.7 cm³/mol. The molecule has 0 rings (SSSR count). The summed E-state index contributed by atoms with van der Waals surface area (Å²) >= 11 is 0. The van der Waals surface area contributed by atoms with Gasteiger partial charge in [0.1, 0.15) is 0 Å². The van der Waals surface area contributed by atoms with Crippen molar-refractivity contribution < 1.29 is 4.39 Å². The molecular weight excluding hydrogens is 117 g/mol. The summed E-state index contributed by atoms with van der Waals surface area (Å²) in [5.41, 5.74) is 5.15. The number of hydrogen-bond acceptors (Lipinski definition) is 1. The molecule has 1 nitrogen and oxygen atoms in total. The summed E-state index contributed by atoms with van der Waals surface area (Å²) in [5.74, 6) is -0.143. The Kier molecular flexibility index (Phi) is 5.12. The summed E-state index contributed by atoms with van der Waals surface area (Å²) in [6.07, 6.45) is 3.93. The lowest BCUT2D eigenvalue weighted by Crippen LogP contribution is -1.97. The number of halogens is 1. The highest BCUT2D eigenvalue weighted by atomic mass is 19.1. The maximum atomic E-state index is 12.3. The van der Waals surface area contributed by atoms with Gasteiger partial charge < -0.3 is 5.73 Å². The zero-order valence-corrected chi connectivity index (χ0v) is 5.44. The summed E-state index contributed by atoms with van der Waals surface area (Å²) in [5, 5.41) is 0. The van der Waals surface area contributed by atoms with Gasteiger partial charge in [-0.3, -0.25) is 0 Å². The third-order valence-corrected chi connectivity index (χ3v) is 0.918. The van der Waals surface area contributed by atoms with Gasteiger partial charge in [0.15, 0.2) is 0 Å². The molecule has 0 radical (unpaired) electrons. The van der Waals surface area contributed by atoms with E-state index in [1.807, 2.05) is 0 Å². The molecule has 0 aromatic rings. The molecular formula is C7H12FN. The van der Waals surface area contributed by atoms with E-state index in [1.54, 1.807) is 0 Å². The zero-order chi connectivity index (χ0) is 7.11. The fourth-order valence-corrected chi connectivity index (χ4v) is 0.482. The second-order valence-electron chi connectivity index (χ2n) is 1.74. The minimum Gasteiger partial charge on any atom is -0.330 e. The largest absolute Gasteiger partial charge is 0.330 e. The third kappa shape index (κ3) is 5.24. The molecule has 52 valence electrons. The van der Waals surface area contributed by atoms with Crippen LogP contribution in [0.3, 0.4) is 0 Å². The van der Waals surface area contributed by atoms with Crippen LogP contribution < -0.4 is 5.73 Å². The average molecular weight is 129 g/mol. The van der Waals surface area contributed by atoms with Gasteiger partial charge in [0.25, 0.3) is 0 Å². The molecule has 0 unspecified atom stereocenters. The molecule has 0 aliphatic heterocycles. The monoisotopic (exact) mass is 129 g/mol. The fraction of sp³-hybridized carbons (Fsp3) is 0.429. The normalized spacial score (nSPS) is 11.6. The minimum absolute atomic E-state index is 0.143. The quantitative estimate of drug-likeness (QED) is 0.575.